The normalized spacial score (nSPS) is 12.1. The average molecular weight is 468 g/mol. The van der Waals surface area contributed by atoms with Crippen LogP contribution < -0.4 is 9.47 Å². The van der Waals surface area contributed by atoms with Gasteiger partial charge in [-0.05, 0) is 64.0 Å². The maximum absolute atomic E-state index is 6.61. The van der Waals surface area contributed by atoms with Crippen molar-refractivity contribution in [1.82, 2.24) is 0 Å². The topological polar surface area (TPSA) is 18.5 Å². The van der Waals surface area contributed by atoms with Crippen molar-refractivity contribution in [3.63, 3.8) is 0 Å². The minimum absolute atomic E-state index is 0.237. The molecular formula is C15H13BrClIO2. The molecule has 5 heteroatoms. The van der Waals surface area contributed by atoms with Crippen LogP contribution in [0.25, 0.3) is 0 Å². The van der Waals surface area contributed by atoms with E-state index in [1.54, 1.807) is 14.2 Å². The van der Waals surface area contributed by atoms with Gasteiger partial charge in [0.1, 0.15) is 0 Å². The Balaban J connectivity index is 2.42. The molecule has 0 heterocycles. The van der Waals surface area contributed by atoms with E-state index in [0.29, 0.717) is 11.5 Å². The molecule has 0 amide bonds. The van der Waals surface area contributed by atoms with Crippen molar-refractivity contribution < 1.29 is 9.47 Å². The molecule has 0 aliphatic rings. The highest BCUT2D eigenvalue weighted by Gasteiger charge is 2.16. The van der Waals surface area contributed by atoms with Crippen LogP contribution in [0.2, 0.25) is 0 Å². The lowest BCUT2D eigenvalue weighted by atomic mass is 10.0. The van der Waals surface area contributed by atoms with Crippen LogP contribution in [-0.2, 0) is 0 Å². The predicted molar refractivity (Wildman–Crippen MR) is 94.1 cm³/mol. The van der Waals surface area contributed by atoms with Gasteiger partial charge < -0.3 is 9.47 Å². The van der Waals surface area contributed by atoms with Gasteiger partial charge in [0, 0.05) is 8.04 Å². The number of hydrogen-bond donors (Lipinski definition) is 0. The highest BCUT2D eigenvalue weighted by Crippen LogP contribution is 2.37. The molecule has 106 valence electrons. The van der Waals surface area contributed by atoms with Crippen molar-refractivity contribution in [2.24, 2.45) is 0 Å². The molecule has 20 heavy (non-hydrogen) atoms. The summed E-state index contributed by atoms with van der Waals surface area (Å²) < 4.78 is 12.7. The van der Waals surface area contributed by atoms with Crippen molar-refractivity contribution in [3.8, 4) is 11.5 Å². The Morgan fingerprint density at radius 2 is 1.75 bits per heavy atom. The SMILES string of the molecule is COc1ccc(C(Cl)c2cc(Br)ccc2I)cc1OC. The fraction of sp³-hybridized carbons (Fsp3) is 0.200. The second-order valence-electron chi connectivity index (χ2n) is 4.14. The monoisotopic (exact) mass is 466 g/mol. The number of halogens is 3. The summed E-state index contributed by atoms with van der Waals surface area (Å²) in [5, 5.41) is -0.237. The minimum Gasteiger partial charge on any atom is -0.493 e. The molecule has 0 saturated heterocycles. The first kappa shape index (κ1) is 15.9. The van der Waals surface area contributed by atoms with Gasteiger partial charge in [-0.15, -0.1) is 11.6 Å². The van der Waals surface area contributed by atoms with Crippen molar-refractivity contribution in [1.29, 1.82) is 0 Å². The summed E-state index contributed by atoms with van der Waals surface area (Å²) in [5.41, 5.74) is 2.04. The highest BCUT2D eigenvalue weighted by molar-refractivity contribution is 14.1. The van der Waals surface area contributed by atoms with E-state index < -0.39 is 0 Å². The molecular weight excluding hydrogens is 454 g/mol. The Hall–Kier alpha value is -0.460. The summed E-state index contributed by atoms with van der Waals surface area (Å²) in [5.74, 6) is 1.38. The van der Waals surface area contributed by atoms with E-state index in [9.17, 15) is 0 Å². The number of ether oxygens (including phenoxy) is 2. The van der Waals surface area contributed by atoms with Gasteiger partial charge in [-0.1, -0.05) is 22.0 Å². The van der Waals surface area contributed by atoms with Gasteiger partial charge in [0.2, 0.25) is 0 Å². The Kier molecular flexibility index (Phi) is 5.57. The predicted octanol–water partition coefficient (Wildman–Crippen LogP) is 5.40. The maximum atomic E-state index is 6.61. The lowest BCUT2D eigenvalue weighted by molar-refractivity contribution is 0.354. The van der Waals surface area contributed by atoms with E-state index >= 15 is 0 Å². The Bertz CT molecular complexity index is 619. The Morgan fingerprint density at radius 1 is 1.05 bits per heavy atom. The number of hydrogen-bond acceptors (Lipinski definition) is 2. The molecule has 2 rings (SSSR count). The lowest BCUT2D eigenvalue weighted by Gasteiger charge is -2.15. The summed E-state index contributed by atoms with van der Waals surface area (Å²) in [6.45, 7) is 0. The zero-order valence-electron chi connectivity index (χ0n) is 11.0. The molecule has 0 fully saturated rings. The number of methoxy groups -OCH3 is 2. The maximum Gasteiger partial charge on any atom is 0.161 e. The highest BCUT2D eigenvalue weighted by atomic mass is 127. The fourth-order valence-corrected chi connectivity index (χ4v) is 3.42. The van der Waals surface area contributed by atoms with E-state index in [-0.39, 0.29) is 5.38 Å². The molecule has 2 aromatic rings. The van der Waals surface area contributed by atoms with Crippen LogP contribution in [0.3, 0.4) is 0 Å². The third-order valence-electron chi connectivity index (χ3n) is 2.93. The van der Waals surface area contributed by atoms with Gasteiger partial charge in [-0.2, -0.15) is 0 Å². The van der Waals surface area contributed by atoms with Crippen LogP contribution in [0.15, 0.2) is 40.9 Å². The third kappa shape index (κ3) is 3.40. The lowest BCUT2D eigenvalue weighted by Crippen LogP contribution is -1.98. The van der Waals surface area contributed by atoms with Gasteiger partial charge in [-0.3, -0.25) is 0 Å². The number of rotatable bonds is 4. The molecule has 0 bridgehead atoms. The van der Waals surface area contributed by atoms with Crippen LogP contribution in [-0.4, -0.2) is 14.2 Å². The van der Waals surface area contributed by atoms with Crippen molar-refractivity contribution in [2.45, 2.75) is 5.38 Å². The van der Waals surface area contributed by atoms with Crippen molar-refractivity contribution in [2.75, 3.05) is 14.2 Å². The molecule has 0 aliphatic heterocycles. The van der Waals surface area contributed by atoms with Crippen molar-refractivity contribution in [3.05, 3.63) is 55.6 Å². The van der Waals surface area contributed by atoms with Crippen LogP contribution in [0, 0.1) is 3.57 Å². The Morgan fingerprint density at radius 3 is 2.40 bits per heavy atom. The summed E-state index contributed by atoms with van der Waals surface area (Å²) in [6, 6.07) is 11.8. The van der Waals surface area contributed by atoms with Crippen molar-refractivity contribution >= 4 is 50.1 Å². The van der Waals surface area contributed by atoms with E-state index in [4.69, 9.17) is 21.1 Å². The molecule has 0 saturated carbocycles. The first-order valence-electron chi connectivity index (χ1n) is 5.87. The molecule has 2 aromatic carbocycles. The molecule has 0 spiro atoms. The summed E-state index contributed by atoms with van der Waals surface area (Å²) in [7, 11) is 3.24. The molecule has 1 unspecified atom stereocenters. The average Bonchev–Trinajstić information content (AvgIpc) is 2.48. The molecule has 1 atom stereocenters. The molecule has 2 nitrogen and oxygen atoms in total. The Labute approximate surface area is 145 Å². The van der Waals surface area contributed by atoms with Gasteiger partial charge in [0.05, 0.1) is 19.6 Å². The van der Waals surface area contributed by atoms with E-state index in [0.717, 1.165) is 19.2 Å². The van der Waals surface area contributed by atoms with Crippen LogP contribution in [0.4, 0.5) is 0 Å². The summed E-state index contributed by atoms with van der Waals surface area (Å²) >= 11 is 12.4. The number of alkyl halides is 1. The summed E-state index contributed by atoms with van der Waals surface area (Å²) in [6.07, 6.45) is 0. The van der Waals surface area contributed by atoms with Crippen LogP contribution in [0.1, 0.15) is 16.5 Å². The van der Waals surface area contributed by atoms with E-state index in [1.807, 2.05) is 36.4 Å². The van der Waals surface area contributed by atoms with Crippen LogP contribution >= 0.6 is 50.1 Å². The fourth-order valence-electron chi connectivity index (χ4n) is 1.90. The molecule has 0 aliphatic carbocycles. The molecule has 0 aromatic heterocycles. The van der Waals surface area contributed by atoms with E-state index in [1.165, 1.54) is 0 Å². The third-order valence-corrected chi connectivity index (χ3v) is 4.89. The first-order chi connectivity index (χ1) is 9.56. The number of benzene rings is 2. The molecule has 0 radical (unpaired) electrons. The smallest absolute Gasteiger partial charge is 0.161 e. The minimum atomic E-state index is -0.237. The van der Waals surface area contributed by atoms with Gasteiger partial charge >= 0.3 is 0 Å². The summed E-state index contributed by atoms with van der Waals surface area (Å²) in [4.78, 5) is 0. The second kappa shape index (κ2) is 7.00. The zero-order chi connectivity index (χ0) is 14.7. The largest absolute Gasteiger partial charge is 0.493 e. The van der Waals surface area contributed by atoms with Gasteiger partial charge in [0.25, 0.3) is 0 Å². The zero-order valence-corrected chi connectivity index (χ0v) is 15.5. The standard InChI is InChI=1S/C15H13BrClIO2/c1-19-13-6-3-9(7-14(13)20-2)15(17)11-8-10(16)4-5-12(11)18/h3-8,15H,1-2H3. The first-order valence-corrected chi connectivity index (χ1v) is 8.18. The quantitative estimate of drug-likeness (QED) is 0.443. The molecule has 0 N–H and O–H groups in total. The van der Waals surface area contributed by atoms with Gasteiger partial charge in [0.15, 0.2) is 11.5 Å². The van der Waals surface area contributed by atoms with Crippen LogP contribution in [0.5, 0.6) is 11.5 Å². The van der Waals surface area contributed by atoms with Gasteiger partial charge in [-0.25, -0.2) is 0 Å². The second-order valence-corrected chi connectivity index (χ2v) is 6.66. The van der Waals surface area contributed by atoms with E-state index in [2.05, 4.69) is 38.5 Å².